The molecule has 0 N–H and O–H groups in total. The van der Waals surface area contributed by atoms with Crippen molar-refractivity contribution in [1.29, 1.82) is 0 Å². The second-order valence-electron chi connectivity index (χ2n) is 6.26. The van der Waals surface area contributed by atoms with Gasteiger partial charge >= 0.3 is 0 Å². The van der Waals surface area contributed by atoms with Gasteiger partial charge in [-0.15, -0.1) is 0 Å². The molecule has 1 aliphatic heterocycles. The van der Waals surface area contributed by atoms with E-state index in [1.54, 1.807) is 0 Å². The van der Waals surface area contributed by atoms with E-state index >= 15 is 0 Å². The first-order valence-electron chi connectivity index (χ1n) is 7.97. The van der Waals surface area contributed by atoms with Crippen molar-refractivity contribution in [3.8, 4) is 0 Å². The minimum Gasteiger partial charge on any atom is -0.395 e. The molecule has 0 radical (unpaired) electrons. The van der Waals surface area contributed by atoms with E-state index in [-0.39, 0.29) is 6.29 Å². The summed E-state index contributed by atoms with van der Waals surface area (Å²) >= 11 is 0. The molecule has 4 nitrogen and oxygen atoms in total. The van der Waals surface area contributed by atoms with E-state index in [1.165, 1.54) is 0 Å². The minimum atomic E-state index is -1.18. The van der Waals surface area contributed by atoms with E-state index in [9.17, 15) is 0 Å². The maximum absolute atomic E-state index is 6.11. The van der Waals surface area contributed by atoms with Gasteiger partial charge in [0.05, 0.1) is 13.2 Å². The molecular weight excluding hydrogens is 272 g/mol. The van der Waals surface area contributed by atoms with E-state index in [2.05, 4.69) is 27.7 Å². The predicted molar refractivity (Wildman–Crippen MR) is 83.6 cm³/mol. The molecule has 2 unspecified atom stereocenters. The van der Waals surface area contributed by atoms with Gasteiger partial charge in [-0.05, 0) is 30.8 Å². The van der Waals surface area contributed by atoms with Crippen molar-refractivity contribution in [3.63, 3.8) is 0 Å². The Kier molecular flexibility index (Phi) is 8.96. The van der Waals surface area contributed by atoms with E-state index in [1.807, 2.05) is 6.92 Å². The minimum absolute atomic E-state index is 0.0720. The fraction of sp³-hybridized carbons (Fsp3) is 1.00. The zero-order chi connectivity index (χ0) is 15.0. The number of unbranched alkanes of at least 4 members (excludes halogenated alkanes) is 1. The van der Waals surface area contributed by atoms with Gasteiger partial charge in [-0.2, -0.15) is 0 Å². The van der Waals surface area contributed by atoms with Crippen molar-refractivity contribution in [2.75, 3.05) is 26.4 Å². The molecular formula is C15H32O4Si. The molecule has 0 aromatic rings. The van der Waals surface area contributed by atoms with Gasteiger partial charge in [-0.1, -0.05) is 27.7 Å². The highest BCUT2D eigenvalue weighted by atomic mass is 28.3. The van der Waals surface area contributed by atoms with E-state index < -0.39 is 9.04 Å². The Labute approximate surface area is 125 Å². The van der Waals surface area contributed by atoms with Gasteiger partial charge in [0.1, 0.15) is 12.4 Å². The van der Waals surface area contributed by atoms with Crippen molar-refractivity contribution >= 4 is 9.04 Å². The number of hydrogen-bond acceptors (Lipinski definition) is 4. The summed E-state index contributed by atoms with van der Waals surface area (Å²) < 4.78 is 22.4. The molecule has 0 saturated carbocycles. The topological polar surface area (TPSA) is 40.2 Å². The van der Waals surface area contributed by atoms with Gasteiger partial charge in [0.15, 0.2) is 9.04 Å². The third-order valence-corrected chi connectivity index (χ3v) is 6.73. The lowest BCUT2D eigenvalue weighted by molar-refractivity contribution is -0.0732. The highest BCUT2D eigenvalue weighted by Gasteiger charge is 2.23. The number of rotatable bonds is 12. The van der Waals surface area contributed by atoms with Crippen LogP contribution in [0.25, 0.3) is 0 Å². The molecule has 1 fully saturated rings. The Morgan fingerprint density at radius 1 is 1.05 bits per heavy atom. The quantitative estimate of drug-likeness (QED) is 0.240. The molecule has 1 heterocycles. The molecule has 1 rings (SSSR count). The highest BCUT2D eigenvalue weighted by molar-refractivity contribution is 6.55. The van der Waals surface area contributed by atoms with Crippen LogP contribution in [0.4, 0.5) is 0 Å². The zero-order valence-corrected chi connectivity index (χ0v) is 14.9. The van der Waals surface area contributed by atoms with Crippen molar-refractivity contribution in [3.05, 3.63) is 0 Å². The Hall–Kier alpha value is 0.0569. The highest BCUT2D eigenvalue weighted by Crippen LogP contribution is 2.22. The maximum atomic E-state index is 6.11. The lowest BCUT2D eigenvalue weighted by atomic mass is 10.3. The summed E-state index contributed by atoms with van der Waals surface area (Å²) in [5, 5.41) is 0. The van der Waals surface area contributed by atoms with Crippen LogP contribution < -0.4 is 0 Å². The SMILES string of the molecule is CC(OCCCCOCC1CO1)O[SiH](C(C)C)C(C)C. The normalized spacial score (nSPS) is 20.1. The van der Waals surface area contributed by atoms with Gasteiger partial charge < -0.3 is 18.6 Å². The second kappa shape index (κ2) is 9.90. The summed E-state index contributed by atoms with van der Waals surface area (Å²) in [4.78, 5) is 0. The number of ether oxygens (including phenoxy) is 3. The van der Waals surface area contributed by atoms with Crippen LogP contribution in [0.3, 0.4) is 0 Å². The first kappa shape index (κ1) is 18.1. The van der Waals surface area contributed by atoms with E-state index in [0.717, 1.165) is 39.3 Å². The van der Waals surface area contributed by atoms with Crippen molar-refractivity contribution in [2.24, 2.45) is 0 Å². The summed E-state index contributed by atoms with van der Waals surface area (Å²) in [6, 6.07) is 0. The third-order valence-electron chi connectivity index (χ3n) is 3.40. The molecule has 0 aromatic carbocycles. The molecule has 20 heavy (non-hydrogen) atoms. The van der Waals surface area contributed by atoms with Crippen LogP contribution >= 0.6 is 0 Å². The van der Waals surface area contributed by atoms with E-state index in [4.69, 9.17) is 18.6 Å². The fourth-order valence-corrected chi connectivity index (χ4v) is 4.97. The van der Waals surface area contributed by atoms with Crippen LogP contribution in [0.2, 0.25) is 11.1 Å². The molecule has 1 saturated heterocycles. The number of epoxide rings is 1. The van der Waals surface area contributed by atoms with Crippen LogP contribution in [0.5, 0.6) is 0 Å². The molecule has 5 heteroatoms. The Balaban J connectivity index is 1.96. The average Bonchev–Trinajstić information content (AvgIpc) is 3.18. The molecule has 1 aliphatic rings. The molecule has 0 spiro atoms. The van der Waals surface area contributed by atoms with Crippen molar-refractivity contribution in [1.82, 2.24) is 0 Å². The van der Waals surface area contributed by atoms with Crippen molar-refractivity contribution in [2.45, 2.75) is 70.9 Å². The van der Waals surface area contributed by atoms with Crippen LogP contribution in [0, 0.1) is 0 Å². The summed E-state index contributed by atoms with van der Waals surface area (Å²) in [7, 11) is -1.18. The van der Waals surface area contributed by atoms with Gasteiger partial charge in [0, 0.05) is 13.2 Å². The van der Waals surface area contributed by atoms with Crippen LogP contribution in [0.15, 0.2) is 0 Å². The van der Waals surface area contributed by atoms with Crippen LogP contribution in [0.1, 0.15) is 47.5 Å². The average molecular weight is 305 g/mol. The second-order valence-corrected chi connectivity index (χ2v) is 10.1. The predicted octanol–water partition coefficient (Wildman–Crippen LogP) is 3.11. The van der Waals surface area contributed by atoms with Gasteiger partial charge in [-0.25, -0.2) is 0 Å². The molecule has 0 bridgehead atoms. The van der Waals surface area contributed by atoms with E-state index in [0.29, 0.717) is 17.2 Å². The van der Waals surface area contributed by atoms with Crippen LogP contribution in [-0.4, -0.2) is 47.9 Å². The molecule has 2 atom stereocenters. The van der Waals surface area contributed by atoms with Gasteiger partial charge in [0.2, 0.25) is 0 Å². The molecule has 120 valence electrons. The standard InChI is InChI=1S/C15H32O4Si/c1-12(2)20(13(3)4)19-14(5)17-9-7-6-8-16-10-15-11-18-15/h12-15,20H,6-11H2,1-5H3. The Bertz CT molecular complexity index is 236. The van der Waals surface area contributed by atoms with Gasteiger partial charge in [0.25, 0.3) is 0 Å². The first-order valence-corrected chi connectivity index (χ1v) is 9.77. The third kappa shape index (κ3) is 8.37. The maximum Gasteiger partial charge on any atom is 0.185 e. The lowest BCUT2D eigenvalue weighted by Gasteiger charge is -2.27. The smallest absolute Gasteiger partial charge is 0.185 e. The Morgan fingerprint density at radius 2 is 1.65 bits per heavy atom. The largest absolute Gasteiger partial charge is 0.395 e. The summed E-state index contributed by atoms with van der Waals surface area (Å²) in [6.07, 6.45) is 2.36. The molecule has 0 aliphatic carbocycles. The molecule has 0 aromatic heterocycles. The lowest BCUT2D eigenvalue weighted by Crippen LogP contribution is -2.31. The Morgan fingerprint density at radius 3 is 2.20 bits per heavy atom. The first-order chi connectivity index (χ1) is 9.50. The summed E-state index contributed by atoms with van der Waals surface area (Å²) in [5.74, 6) is 0. The summed E-state index contributed by atoms with van der Waals surface area (Å²) in [6.45, 7) is 14.2. The fourth-order valence-electron chi connectivity index (χ4n) is 2.28. The zero-order valence-electron chi connectivity index (χ0n) is 13.8. The van der Waals surface area contributed by atoms with Gasteiger partial charge in [-0.3, -0.25) is 0 Å². The van der Waals surface area contributed by atoms with Crippen LogP contribution in [-0.2, 0) is 18.6 Å². The number of hydrogen-bond donors (Lipinski definition) is 0. The van der Waals surface area contributed by atoms with Crippen molar-refractivity contribution < 1.29 is 18.6 Å². The molecule has 0 amide bonds. The summed E-state index contributed by atoms with van der Waals surface area (Å²) in [5.41, 5.74) is 1.30. The monoisotopic (exact) mass is 304 g/mol.